The molecule has 1 heterocycles. The highest BCUT2D eigenvalue weighted by atomic mass is 79.9. The van der Waals surface area contributed by atoms with Crippen molar-refractivity contribution in [1.82, 2.24) is 5.06 Å². The molecule has 2 rings (SSSR count). The Hall–Kier alpha value is 0.0600. The van der Waals surface area contributed by atoms with Crippen LogP contribution in [-0.4, -0.2) is 32.6 Å². The van der Waals surface area contributed by atoms with Gasteiger partial charge in [-0.05, 0) is 12.8 Å². The van der Waals surface area contributed by atoms with E-state index in [1.165, 1.54) is 0 Å². The van der Waals surface area contributed by atoms with E-state index in [2.05, 4.69) is 31.9 Å². The van der Waals surface area contributed by atoms with E-state index in [-0.39, 0.29) is 12.1 Å². The summed E-state index contributed by atoms with van der Waals surface area (Å²) in [6, 6.07) is -0.303. The molecule has 0 unspecified atom stereocenters. The van der Waals surface area contributed by atoms with Crippen molar-refractivity contribution in [1.29, 1.82) is 0 Å². The predicted molar refractivity (Wildman–Crippen MR) is 69.5 cm³/mol. The molecule has 0 aromatic rings. The van der Waals surface area contributed by atoms with Crippen LogP contribution in [-0.2, 0) is 0 Å². The van der Waals surface area contributed by atoms with E-state index in [1.54, 1.807) is 0 Å². The SMILES string of the molecule is O=[N+]1C(CBr)=C(CBr)N([O-])[C@@H]2CCCC[C@H]21. The fraction of sp³-hybridized carbons (Fsp3) is 0.800. The molecule has 16 heavy (non-hydrogen) atoms. The average Bonchev–Trinajstić information content (AvgIpc) is 2.33. The van der Waals surface area contributed by atoms with Crippen molar-refractivity contribution >= 4 is 31.9 Å². The smallest absolute Gasteiger partial charge is 0.262 e. The van der Waals surface area contributed by atoms with Crippen LogP contribution >= 0.6 is 31.9 Å². The summed E-state index contributed by atoms with van der Waals surface area (Å²) in [5, 5.41) is 14.1. The molecule has 4 nitrogen and oxygen atoms in total. The first-order chi connectivity index (χ1) is 7.70. The van der Waals surface area contributed by atoms with Crippen LogP contribution in [0.3, 0.4) is 0 Å². The quantitative estimate of drug-likeness (QED) is 0.566. The van der Waals surface area contributed by atoms with Crippen LogP contribution < -0.4 is 0 Å². The number of hydrogen-bond donors (Lipinski definition) is 0. The number of alkyl halides is 2. The molecule has 1 saturated carbocycles. The van der Waals surface area contributed by atoms with Crippen molar-refractivity contribution in [3.05, 3.63) is 21.5 Å². The first-order valence-electron chi connectivity index (χ1n) is 5.47. The Balaban J connectivity index is 2.37. The molecule has 0 aromatic carbocycles. The number of halogens is 2. The third-order valence-corrected chi connectivity index (χ3v) is 4.48. The zero-order valence-corrected chi connectivity index (χ0v) is 12.0. The van der Waals surface area contributed by atoms with Crippen LogP contribution in [0.15, 0.2) is 11.4 Å². The lowest BCUT2D eigenvalue weighted by molar-refractivity contribution is -0.556. The maximum Gasteiger partial charge on any atom is 0.262 e. The summed E-state index contributed by atoms with van der Waals surface area (Å²) in [5.41, 5.74) is 1.16. The summed E-state index contributed by atoms with van der Waals surface area (Å²) in [6.07, 6.45) is 3.76. The Morgan fingerprint density at radius 3 is 2.62 bits per heavy atom. The second-order valence-electron chi connectivity index (χ2n) is 4.23. The standard InChI is InChI=1S/C10H14Br2N2O2/c11-5-9-10(6-12)14(16)8-4-2-1-3-7(8)13(9)15/h7-8H,1-6H2/t7-,8-/m1/s1. The fourth-order valence-electron chi connectivity index (χ4n) is 2.57. The molecule has 2 atom stereocenters. The lowest BCUT2D eigenvalue weighted by Crippen LogP contribution is -2.52. The predicted octanol–water partition coefficient (Wildman–Crippen LogP) is 2.89. The molecule has 0 saturated heterocycles. The molecule has 0 bridgehead atoms. The minimum atomic E-state index is -0.151. The van der Waals surface area contributed by atoms with E-state index in [0.29, 0.717) is 22.1 Å². The molecule has 0 radical (unpaired) electrons. The maximum atomic E-state index is 12.1. The first-order valence-corrected chi connectivity index (χ1v) is 7.71. The highest BCUT2D eigenvalue weighted by molar-refractivity contribution is 9.09. The monoisotopic (exact) mass is 352 g/mol. The van der Waals surface area contributed by atoms with E-state index in [0.717, 1.165) is 35.5 Å². The number of rotatable bonds is 2. The summed E-state index contributed by atoms with van der Waals surface area (Å²) in [4.78, 5) is 12.1. The number of hydrogen-bond acceptors (Lipinski definition) is 3. The van der Waals surface area contributed by atoms with Crippen LogP contribution in [0.1, 0.15) is 25.7 Å². The van der Waals surface area contributed by atoms with Crippen molar-refractivity contribution in [3.63, 3.8) is 0 Å². The fourth-order valence-corrected chi connectivity index (χ4v) is 3.71. The van der Waals surface area contributed by atoms with E-state index >= 15 is 0 Å². The third kappa shape index (κ3) is 1.95. The van der Waals surface area contributed by atoms with Gasteiger partial charge in [-0.1, -0.05) is 38.3 Å². The van der Waals surface area contributed by atoms with Gasteiger partial charge in [0.1, 0.15) is 0 Å². The normalized spacial score (nSPS) is 30.7. The number of nitrogens with zero attached hydrogens (tertiary/aromatic N) is 2. The Morgan fingerprint density at radius 1 is 1.31 bits per heavy atom. The van der Waals surface area contributed by atoms with E-state index in [1.807, 2.05) is 0 Å². The van der Waals surface area contributed by atoms with Gasteiger partial charge < -0.3 is 10.3 Å². The summed E-state index contributed by atoms with van der Waals surface area (Å²) >= 11 is 6.58. The second-order valence-corrected chi connectivity index (χ2v) is 5.35. The van der Waals surface area contributed by atoms with Gasteiger partial charge in [-0.15, -0.1) is 0 Å². The van der Waals surface area contributed by atoms with Crippen molar-refractivity contribution in [2.45, 2.75) is 37.8 Å². The summed E-state index contributed by atoms with van der Waals surface area (Å²) in [5.74, 6) is 0. The molecule has 0 aromatic heterocycles. The van der Waals surface area contributed by atoms with Gasteiger partial charge in [0.15, 0.2) is 0 Å². The lowest BCUT2D eigenvalue weighted by Gasteiger charge is -2.45. The minimum absolute atomic E-state index is 0.151. The number of allylic oxidation sites excluding steroid dienone is 2. The maximum absolute atomic E-state index is 12.1. The Bertz CT molecular complexity index is 333. The molecule has 0 amide bonds. The highest BCUT2D eigenvalue weighted by Gasteiger charge is 2.45. The molecule has 6 heteroatoms. The summed E-state index contributed by atoms with van der Waals surface area (Å²) in [6.45, 7) is 0. The highest BCUT2D eigenvalue weighted by Crippen LogP contribution is 2.34. The number of nitroso groups, excluding NO2 is 1. The van der Waals surface area contributed by atoms with Gasteiger partial charge in [-0.2, -0.15) is 0 Å². The second kappa shape index (κ2) is 5.14. The average molecular weight is 354 g/mol. The minimum Gasteiger partial charge on any atom is -0.758 e. The van der Waals surface area contributed by atoms with Gasteiger partial charge in [0.2, 0.25) is 6.04 Å². The summed E-state index contributed by atoms with van der Waals surface area (Å²) < 4.78 is 1.06. The molecule has 1 fully saturated rings. The Kier molecular flexibility index (Phi) is 4.02. The molecular weight excluding hydrogens is 340 g/mol. The summed E-state index contributed by atoms with van der Waals surface area (Å²) in [7, 11) is 0. The van der Waals surface area contributed by atoms with Crippen LogP contribution in [0.2, 0.25) is 0 Å². The van der Waals surface area contributed by atoms with Crippen molar-refractivity contribution < 1.29 is 4.76 Å². The van der Waals surface area contributed by atoms with Gasteiger partial charge in [0.05, 0.1) is 17.1 Å². The molecule has 2 aliphatic rings. The van der Waals surface area contributed by atoms with Crippen LogP contribution in [0, 0.1) is 10.1 Å². The van der Waals surface area contributed by atoms with Crippen molar-refractivity contribution in [2.75, 3.05) is 10.7 Å². The van der Waals surface area contributed by atoms with Gasteiger partial charge in [0, 0.05) is 21.4 Å². The van der Waals surface area contributed by atoms with E-state index in [4.69, 9.17) is 0 Å². The third-order valence-electron chi connectivity index (χ3n) is 3.41. The van der Waals surface area contributed by atoms with Crippen molar-refractivity contribution in [3.8, 4) is 0 Å². The van der Waals surface area contributed by atoms with Crippen LogP contribution in [0.4, 0.5) is 0 Å². The molecule has 0 spiro atoms. The topological polar surface area (TPSA) is 46.4 Å². The molecular formula is C10H14Br2N2O2. The molecule has 1 aliphatic heterocycles. The lowest BCUT2D eigenvalue weighted by atomic mass is 9.88. The zero-order valence-electron chi connectivity index (χ0n) is 8.86. The first kappa shape index (κ1) is 12.5. The molecule has 1 aliphatic carbocycles. The van der Waals surface area contributed by atoms with Gasteiger partial charge in [0.25, 0.3) is 5.70 Å². The zero-order chi connectivity index (χ0) is 11.7. The largest absolute Gasteiger partial charge is 0.758 e. The van der Waals surface area contributed by atoms with Gasteiger partial charge >= 0.3 is 0 Å². The van der Waals surface area contributed by atoms with E-state index in [9.17, 15) is 10.1 Å². The Labute approximate surface area is 111 Å². The molecule has 90 valence electrons. The van der Waals surface area contributed by atoms with Crippen LogP contribution in [0.5, 0.6) is 0 Å². The van der Waals surface area contributed by atoms with Crippen molar-refractivity contribution in [2.24, 2.45) is 0 Å². The number of fused-ring (bicyclic) bond motifs is 1. The van der Waals surface area contributed by atoms with E-state index < -0.39 is 0 Å². The molecule has 0 N–H and O–H groups in total. The Morgan fingerprint density at radius 2 is 2.00 bits per heavy atom. The van der Waals surface area contributed by atoms with Crippen LogP contribution in [0.25, 0.3) is 0 Å². The number of hydroxylamine groups is 2. The van der Waals surface area contributed by atoms with Gasteiger partial charge in [-0.3, -0.25) is 0 Å². The van der Waals surface area contributed by atoms with Gasteiger partial charge in [-0.25, -0.2) is 0 Å².